The molecule has 1 N–H and O–H groups in total. The van der Waals surface area contributed by atoms with Crippen molar-refractivity contribution in [1.29, 1.82) is 0 Å². The summed E-state index contributed by atoms with van der Waals surface area (Å²) < 4.78 is 11.8. The van der Waals surface area contributed by atoms with E-state index in [1.807, 2.05) is 0 Å². The number of nitrogens with one attached hydrogen (secondary N) is 1. The molecule has 0 radical (unpaired) electrons. The summed E-state index contributed by atoms with van der Waals surface area (Å²) in [7, 11) is 1.72. The third-order valence-electron chi connectivity index (χ3n) is 3.43. The Bertz CT molecular complexity index is 428. The van der Waals surface area contributed by atoms with Crippen LogP contribution in [0.2, 0.25) is 0 Å². The van der Waals surface area contributed by atoms with Gasteiger partial charge in [-0.3, -0.25) is 0 Å². The Morgan fingerprint density at radius 3 is 3.10 bits per heavy atom. The van der Waals surface area contributed by atoms with Crippen molar-refractivity contribution in [3.05, 3.63) is 28.2 Å². The van der Waals surface area contributed by atoms with E-state index < -0.39 is 0 Å². The monoisotopic (exact) mass is 342 g/mol. The van der Waals surface area contributed by atoms with Gasteiger partial charge in [-0.05, 0) is 24.6 Å². The first kappa shape index (κ1) is 15.8. The van der Waals surface area contributed by atoms with Crippen molar-refractivity contribution in [2.75, 3.05) is 44.9 Å². The van der Waals surface area contributed by atoms with Crippen molar-refractivity contribution in [2.45, 2.75) is 19.6 Å². The van der Waals surface area contributed by atoms with E-state index in [-0.39, 0.29) is 6.10 Å². The van der Waals surface area contributed by atoms with Gasteiger partial charge in [0.05, 0.1) is 19.3 Å². The minimum atomic E-state index is 0.289. The van der Waals surface area contributed by atoms with Gasteiger partial charge in [-0.15, -0.1) is 0 Å². The lowest BCUT2D eigenvalue weighted by Gasteiger charge is -2.34. The van der Waals surface area contributed by atoms with Crippen LogP contribution in [0.15, 0.2) is 22.7 Å². The second kappa shape index (κ2) is 7.98. The highest BCUT2D eigenvalue weighted by Gasteiger charge is 2.19. The molecule has 0 saturated carbocycles. The maximum atomic E-state index is 5.63. The van der Waals surface area contributed by atoms with Crippen LogP contribution < -0.4 is 10.2 Å². The molecule has 2 rings (SSSR count). The Morgan fingerprint density at radius 1 is 1.50 bits per heavy atom. The summed E-state index contributed by atoms with van der Waals surface area (Å²) in [6.45, 7) is 7.28. The number of benzene rings is 1. The molecule has 1 aliphatic rings. The van der Waals surface area contributed by atoms with Crippen molar-refractivity contribution >= 4 is 21.6 Å². The van der Waals surface area contributed by atoms with Crippen LogP contribution in [-0.4, -0.2) is 46.1 Å². The van der Waals surface area contributed by atoms with Gasteiger partial charge in [0.2, 0.25) is 0 Å². The fourth-order valence-corrected chi connectivity index (χ4v) is 2.76. The third-order valence-corrected chi connectivity index (χ3v) is 3.92. The van der Waals surface area contributed by atoms with E-state index in [1.54, 1.807) is 7.11 Å². The van der Waals surface area contributed by atoms with Crippen molar-refractivity contribution < 1.29 is 9.47 Å². The van der Waals surface area contributed by atoms with E-state index in [4.69, 9.17) is 9.47 Å². The molecule has 0 amide bonds. The quantitative estimate of drug-likeness (QED) is 0.805. The summed E-state index contributed by atoms with van der Waals surface area (Å²) in [6.07, 6.45) is 0.289. The van der Waals surface area contributed by atoms with Gasteiger partial charge >= 0.3 is 0 Å². The maximum absolute atomic E-state index is 5.63. The highest BCUT2D eigenvalue weighted by Crippen LogP contribution is 2.26. The molecule has 0 aliphatic carbocycles. The van der Waals surface area contributed by atoms with Crippen LogP contribution >= 0.6 is 15.9 Å². The Hall–Kier alpha value is -0.620. The molecule has 1 saturated heterocycles. The van der Waals surface area contributed by atoms with Crippen molar-refractivity contribution in [3.63, 3.8) is 0 Å². The van der Waals surface area contributed by atoms with Gasteiger partial charge in [0.15, 0.2) is 0 Å². The van der Waals surface area contributed by atoms with Crippen LogP contribution in [0.3, 0.4) is 0 Å². The zero-order valence-electron chi connectivity index (χ0n) is 12.2. The molecule has 0 bridgehead atoms. The predicted molar refractivity (Wildman–Crippen MR) is 85.4 cm³/mol. The molecule has 1 heterocycles. The Labute approximate surface area is 129 Å². The number of anilines is 1. The minimum Gasteiger partial charge on any atom is -0.383 e. The lowest BCUT2D eigenvalue weighted by Crippen LogP contribution is -2.41. The van der Waals surface area contributed by atoms with Crippen LogP contribution in [-0.2, 0) is 16.0 Å². The molecule has 1 aromatic carbocycles. The number of morpholine rings is 1. The highest BCUT2D eigenvalue weighted by molar-refractivity contribution is 9.10. The first-order valence-electron chi connectivity index (χ1n) is 7.05. The zero-order chi connectivity index (χ0) is 14.4. The number of hydrogen-bond donors (Lipinski definition) is 1. The van der Waals surface area contributed by atoms with E-state index in [1.165, 1.54) is 11.3 Å². The first-order valence-corrected chi connectivity index (χ1v) is 7.84. The van der Waals surface area contributed by atoms with Crippen LogP contribution in [0.1, 0.15) is 12.5 Å². The normalized spacial score (nSPS) is 19.4. The minimum absolute atomic E-state index is 0.289. The van der Waals surface area contributed by atoms with Crippen LogP contribution in [0.25, 0.3) is 0 Å². The lowest BCUT2D eigenvalue weighted by atomic mass is 10.1. The van der Waals surface area contributed by atoms with Crippen LogP contribution in [0.4, 0.5) is 5.69 Å². The van der Waals surface area contributed by atoms with Gasteiger partial charge in [-0.1, -0.05) is 22.0 Å². The molecule has 1 unspecified atom stereocenters. The molecule has 0 spiro atoms. The van der Waals surface area contributed by atoms with E-state index in [9.17, 15) is 0 Å². The van der Waals surface area contributed by atoms with Gasteiger partial charge in [0.25, 0.3) is 0 Å². The second-order valence-electron chi connectivity index (χ2n) is 5.07. The molecule has 1 aromatic rings. The highest BCUT2D eigenvalue weighted by atomic mass is 79.9. The first-order chi connectivity index (χ1) is 9.70. The molecule has 5 heteroatoms. The second-order valence-corrected chi connectivity index (χ2v) is 5.99. The SMILES string of the molecule is COCCNCc1ccc(Br)cc1N1CCOC(C)C1. The van der Waals surface area contributed by atoms with Gasteiger partial charge in [0.1, 0.15) is 0 Å². The average molecular weight is 343 g/mol. The molecule has 1 atom stereocenters. The van der Waals surface area contributed by atoms with Gasteiger partial charge in [-0.25, -0.2) is 0 Å². The fraction of sp³-hybridized carbons (Fsp3) is 0.600. The summed E-state index contributed by atoms with van der Waals surface area (Å²) in [5.74, 6) is 0. The third kappa shape index (κ3) is 4.45. The molecule has 1 fully saturated rings. The smallest absolute Gasteiger partial charge is 0.0722 e. The summed E-state index contributed by atoms with van der Waals surface area (Å²) in [5.41, 5.74) is 2.61. The summed E-state index contributed by atoms with van der Waals surface area (Å²) >= 11 is 3.57. The number of rotatable bonds is 6. The van der Waals surface area contributed by atoms with Crippen molar-refractivity contribution in [2.24, 2.45) is 0 Å². The lowest BCUT2D eigenvalue weighted by molar-refractivity contribution is 0.0531. The average Bonchev–Trinajstić information content (AvgIpc) is 2.45. The number of methoxy groups -OCH3 is 1. The number of ether oxygens (including phenoxy) is 2. The summed E-state index contributed by atoms with van der Waals surface area (Å²) in [5, 5.41) is 3.41. The maximum Gasteiger partial charge on any atom is 0.0722 e. The summed E-state index contributed by atoms with van der Waals surface area (Å²) in [6, 6.07) is 6.48. The zero-order valence-corrected chi connectivity index (χ0v) is 13.8. The Morgan fingerprint density at radius 2 is 2.35 bits per heavy atom. The largest absolute Gasteiger partial charge is 0.383 e. The number of hydrogen-bond acceptors (Lipinski definition) is 4. The molecule has 20 heavy (non-hydrogen) atoms. The standard InChI is InChI=1S/C15H23BrN2O2/c1-12-11-18(6-8-20-12)15-9-14(16)4-3-13(15)10-17-5-7-19-2/h3-4,9,12,17H,5-8,10-11H2,1-2H3. The van der Waals surface area contributed by atoms with E-state index >= 15 is 0 Å². The molecule has 0 aromatic heterocycles. The van der Waals surface area contributed by atoms with Gasteiger partial charge in [0, 0.05) is 43.4 Å². The van der Waals surface area contributed by atoms with Crippen molar-refractivity contribution in [1.82, 2.24) is 5.32 Å². The molecular formula is C15H23BrN2O2. The predicted octanol–water partition coefficient (Wildman–Crippen LogP) is 2.41. The molecule has 1 aliphatic heterocycles. The van der Waals surface area contributed by atoms with E-state index in [0.717, 1.165) is 43.9 Å². The van der Waals surface area contributed by atoms with Crippen molar-refractivity contribution in [3.8, 4) is 0 Å². The topological polar surface area (TPSA) is 33.7 Å². The Balaban J connectivity index is 2.06. The molecular weight excluding hydrogens is 320 g/mol. The molecule has 112 valence electrons. The van der Waals surface area contributed by atoms with Gasteiger partial charge in [-0.2, -0.15) is 0 Å². The van der Waals surface area contributed by atoms with E-state index in [2.05, 4.69) is 51.3 Å². The molecule has 4 nitrogen and oxygen atoms in total. The fourth-order valence-electron chi connectivity index (χ4n) is 2.42. The van der Waals surface area contributed by atoms with Crippen LogP contribution in [0, 0.1) is 0 Å². The Kier molecular flexibility index (Phi) is 6.29. The van der Waals surface area contributed by atoms with Gasteiger partial charge < -0.3 is 19.7 Å². The van der Waals surface area contributed by atoms with E-state index in [0.29, 0.717) is 0 Å². The van der Waals surface area contributed by atoms with Crippen LogP contribution in [0.5, 0.6) is 0 Å². The summed E-state index contributed by atoms with van der Waals surface area (Å²) in [4.78, 5) is 2.41. The number of nitrogens with zero attached hydrogens (tertiary/aromatic N) is 1. The number of halogens is 1.